The number of anilines is 1. The molecule has 8 heterocycles. The van der Waals surface area contributed by atoms with Gasteiger partial charge in [-0.15, -0.1) is 0 Å². The van der Waals surface area contributed by atoms with Gasteiger partial charge in [0.2, 0.25) is 5.88 Å². The van der Waals surface area contributed by atoms with E-state index in [1.54, 1.807) is 12.4 Å². The fourth-order valence-corrected chi connectivity index (χ4v) is 8.54. The lowest BCUT2D eigenvalue weighted by molar-refractivity contribution is 0.107. The molecule has 42 heavy (non-hydrogen) atoms. The predicted molar refractivity (Wildman–Crippen MR) is 153 cm³/mol. The minimum atomic E-state index is -0.870. The molecule has 12 heteroatoms. The quantitative estimate of drug-likeness (QED) is 0.461. The summed E-state index contributed by atoms with van der Waals surface area (Å²) in [4.78, 5) is 23.1. The second-order valence-electron chi connectivity index (χ2n) is 12.9. The molecule has 4 saturated heterocycles. The molecule has 9 rings (SSSR count). The van der Waals surface area contributed by atoms with Crippen LogP contribution in [0, 0.1) is 5.82 Å². The highest BCUT2D eigenvalue weighted by Gasteiger charge is 2.50. The molecule has 0 radical (unpaired) electrons. The van der Waals surface area contributed by atoms with E-state index in [1.807, 2.05) is 0 Å². The first-order valence-corrected chi connectivity index (χ1v) is 15.6. The summed E-state index contributed by atoms with van der Waals surface area (Å²) in [7, 11) is 0. The molecule has 5 aliphatic heterocycles. The zero-order chi connectivity index (χ0) is 28.2. The second-order valence-corrected chi connectivity index (χ2v) is 13.3. The molecule has 9 nitrogen and oxygen atoms in total. The van der Waals surface area contributed by atoms with Crippen molar-refractivity contribution >= 4 is 28.3 Å². The average molecular weight is 596 g/mol. The molecular formula is C30H32ClF2N7O2. The average Bonchev–Trinajstić information content (AvgIpc) is 3.57. The Hall–Kier alpha value is -2.89. The van der Waals surface area contributed by atoms with Gasteiger partial charge in [-0.25, -0.2) is 13.8 Å². The minimum absolute atomic E-state index is 0.0105. The van der Waals surface area contributed by atoms with Crippen LogP contribution in [0.4, 0.5) is 14.6 Å². The lowest BCUT2D eigenvalue weighted by Crippen LogP contribution is -2.60. The fraction of sp³-hybridized carbons (Fsp3) is 0.600. The molecule has 5 fully saturated rings. The van der Waals surface area contributed by atoms with Crippen LogP contribution in [0.2, 0.25) is 5.02 Å². The SMILES string of the molecule is Fc1c(-c2cncc(Cl)c2C2CC2)nc2c3c(nc(OC[C@@]45CCCN4C[C@H](F)C5)nc13)N1C[C@@H]3CC[C@@H](N3)[C@H]1CO2. The number of piperazine rings is 1. The zero-order valence-electron chi connectivity index (χ0n) is 23.2. The van der Waals surface area contributed by atoms with Crippen LogP contribution in [0.3, 0.4) is 0 Å². The highest BCUT2D eigenvalue weighted by molar-refractivity contribution is 6.31. The Balaban J connectivity index is 1.20. The normalized spacial score (nSPS) is 31.6. The molecule has 2 bridgehead atoms. The topological polar surface area (TPSA) is 88.5 Å². The Kier molecular flexibility index (Phi) is 5.67. The molecule has 0 unspecified atom stereocenters. The number of ether oxygens (including phenoxy) is 2. The van der Waals surface area contributed by atoms with E-state index in [4.69, 9.17) is 31.0 Å². The van der Waals surface area contributed by atoms with Crippen molar-refractivity contribution < 1.29 is 18.3 Å². The number of hydrogen-bond donors (Lipinski definition) is 1. The van der Waals surface area contributed by atoms with Gasteiger partial charge in [0.15, 0.2) is 5.82 Å². The molecule has 1 aliphatic carbocycles. The summed E-state index contributed by atoms with van der Waals surface area (Å²) < 4.78 is 43.9. The van der Waals surface area contributed by atoms with Crippen molar-refractivity contribution in [2.24, 2.45) is 0 Å². The van der Waals surface area contributed by atoms with Gasteiger partial charge >= 0.3 is 6.01 Å². The first-order chi connectivity index (χ1) is 20.5. The van der Waals surface area contributed by atoms with Gasteiger partial charge in [0.1, 0.15) is 41.8 Å². The van der Waals surface area contributed by atoms with Crippen molar-refractivity contribution in [3.63, 3.8) is 0 Å². The highest BCUT2D eigenvalue weighted by atomic mass is 35.5. The Bertz CT molecular complexity index is 1610. The van der Waals surface area contributed by atoms with Gasteiger partial charge in [-0.1, -0.05) is 11.6 Å². The van der Waals surface area contributed by atoms with Gasteiger partial charge in [0.25, 0.3) is 0 Å². The van der Waals surface area contributed by atoms with Crippen LogP contribution < -0.4 is 19.7 Å². The second kappa shape index (κ2) is 9.30. The van der Waals surface area contributed by atoms with Gasteiger partial charge in [-0.05, 0) is 56.6 Å². The summed E-state index contributed by atoms with van der Waals surface area (Å²) in [6, 6.07) is 0.669. The summed E-state index contributed by atoms with van der Waals surface area (Å²) >= 11 is 6.59. The zero-order valence-corrected chi connectivity index (χ0v) is 23.9. The first kappa shape index (κ1) is 25.6. The Morgan fingerprint density at radius 1 is 1.14 bits per heavy atom. The maximum Gasteiger partial charge on any atom is 0.319 e. The number of rotatable bonds is 5. The number of aromatic nitrogens is 4. The molecule has 0 aromatic carbocycles. The molecule has 6 aliphatic rings. The van der Waals surface area contributed by atoms with Crippen LogP contribution in [0.1, 0.15) is 56.4 Å². The van der Waals surface area contributed by atoms with Gasteiger partial charge in [0.05, 0.1) is 16.6 Å². The maximum absolute atomic E-state index is 16.8. The van der Waals surface area contributed by atoms with Crippen molar-refractivity contribution in [3.8, 4) is 23.1 Å². The lowest BCUT2D eigenvalue weighted by atomic mass is 9.95. The van der Waals surface area contributed by atoms with E-state index in [2.05, 4.69) is 25.1 Å². The van der Waals surface area contributed by atoms with Crippen LogP contribution >= 0.6 is 11.6 Å². The van der Waals surface area contributed by atoms with Crippen molar-refractivity contribution in [3.05, 3.63) is 28.8 Å². The molecule has 0 spiro atoms. The van der Waals surface area contributed by atoms with Crippen molar-refractivity contribution in [2.75, 3.05) is 37.7 Å². The molecule has 5 atom stereocenters. The largest absolute Gasteiger partial charge is 0.475 e. The summed E-state index contributed by atoms with van der Waals surface area (Å²) in [6.07, 6.45) is 8.76. The number of nitrogens with zero attached hydrogens (tertiary/aromatic N) is 6. The Morgan fingerprint density at radius 3 is 2.93 bits per heavy atom. The molecule has 1 N–H and O–H groups in total. The summed E-state index contributed by atoms with van der Waals surface area (Å²) in [5.41, 5.74) is 1.30. The third-order valence-corrected chi connectivity index (χ3v) is 10.6. The third kappa shape index (κ3) is 3.85. The van der Waals surface area contributed by atoms with E-state index in [1.165, 1.54) is 0 Å². The number of nitrogens with one attached hydrogen (secondary N) is 1. The van der Waals surface area contributed by atoms with E-state index in [0.29, 0.717) is 53.3 Å². The van der Waals surface area contributed by atoms with Crippen LogP contribution in [-0.4, -0.2) is 87.5 Å². The van der Waals surface area contributed by atoms with Gasteiger partial charge in [0, 0.05) is 49.6 Å². The Morgan fingerprint density at radius 2 is 2.05 bits per heavy atom. The highest BCUT2D eigenvalue weighted by Crippen LogP contribution is 2.49. The maximum atomic E-state index is 16.8. The number of fused-ring (bicyclic) bond motifs is 6. The number of hydrogen-bond acceptors (Lipinski definition) is 9. The lowest BCUT2D eigenvalue weighted by Gasteiger charge is -2.40. The van der Waals surface area contributed by atoms with E-state index >= 15 is 4.39 Å². The molecule has 3 aromatic rings. The van der Waals surface area contributed by atoms with Gasteiger partial charge in [-0.2, -0.15) is 9.97 Å². The van der Waals surface area contributed by atoms with Crippen molar-refractivity contribution in [1.29, 1.82) is 0 Å². The van der Waals surface area contributed by atoms with E-state index in [0.717, 1.165) is 57.2 Å². The van der Waals surface area contributed by atoms with Crippen LogP contribution in [0.25, 0.3) is 22.2 Å². The predicted octanol–water partition coefficient (Wildman–Crippen LogP) is 4.41. The van der Waals surface area contributed by atoms with Crippen molar-refractivity contribution in [1.82, 2.24) is 30.2 Å². The standard InChI is InChI=1S/C30H32ClF2N7O2/c31-19-10-34-9-18(22(19)15-2-3-15)25-24(33)26-23-27(40-12-17-4-5-20(35-17)21(40)13-41-28(23)36-25)38-29(37-26)42-14-30-6-1-7-39(30)11-16(32)8-30/h9-10,15-17,20-21,35H,1-8,11-14H2/t16-,17+,20-,21-,30+/m1/s1. The van der Waals surface area contributed by atoms with E-state index in [9.17, 15) is 4.39 Å². The van der Waals surface area contributed by atoms with E-state index < -0.39 is 12.0 Å². The smallest absolute Gasteiger partial charge is 0.319 e. The van der Waals surface area contributed by atoms with Crippen LogP contribution in [0.5, 0.6) is 11.9 Å². The van der Waals surface area contributed by atoms with Crippen LogP contribution in [0.15, 0.2) is 12.4 Å². The summed E-state index contributed by atoms with van der Waals surface area (Å²) in [5.74, 6) is 0.582. The summed E-state index contributed by atoms with van der Waals surface area (Å²) in [5, 5.41) is 4.68. The number of pyridine rings is 2. The van der Waals surface area contributed by atoms with Gasteiger partial charge < -0.3 is 19.7 Å². The van der Waals surface area contributed by atoms with Crippen molar-refractivity contribution in [2.45, 2.75) is 80.7 Å². The van der Waals surface area contributed by atoms with Gasteiger partial charge in [-0.3, -0.25) is 9.88 Å². The third-order valence-electron chi connectivity index (χ3n) is 10.3. The number of halogens is 3. The molecular weight excluding hydrogens is 564 g/mol. The van der Waals surface area contributed by atoms with Crippen LogP contribution in [-0.2, 0) is 0 Å². The fourth-order valence-electron chi connectivity index (χ4n) is 8.23. The summed E-state index contributed by atoms with van der Waals surface area (Å²) in [6.45, 7) is 2.68. The van der Waals surface area contributed by atoms with E-state index in [-0.39, 0.29) is 47.4 Å². The molecule has 220 valence electrons. The molecule has 3 aromatic heterocycles. The minimum Gasteiger partial charge on any atom is -0.475 e. The monoisotopic (exact) mass is 595 g/mol. The molecule has 0 amide bonds. The first-order valence-electron chi connectivity index (χ1n) is 15.2. The number of alkyl halides is 1. The molecule has 1 saturated carbocycles. The Labute approximate surface area is 247 Å².